The van der Waals surface area contributed by atoms with Crippen LogP contribution in [0.25, 0.3) is 0 Å². The first-order valence-electron chi connectivity index (χ1n) is 8.12. The zero-order valence-corrected chi connectivity index (χ0v) is 14.6. The van der Waals surface area contributed by atoms with Crippen LogP contribution in [0.15, 0.2) is 42.6 Å². The lowest BCUT2D eigenvalue weighted by molar-refractivity contribution is -0.127. The van der Waals surface area contributed by atoms with Crippen LogP contribution < -0.4 is 14.8 Å². The standard InChI is InChI=1S/C18H17F2N3O4/c1-10-14(23(2)18(25)22-15(10)24)11-5-7-12(8-6-11)26-16-13(27-17(19)20)4-3-9-21-16/h3-10,14,17H,1-2H3,(H,22,24,25). The number of nitrogens with one attached hydrogen (secondary N) is 1. The first-order valence-corrected chi connectivity index (χ1v) is 8.12. The maximum absolute atomic E-state index is 12.5. The lowest BCUT2D eigenvalue weighted by Gasteiger charge is -2.36. The third-order valence-electron chi connectivity index (χ3n) is 4.24. The Bertz CT molecular complexity index is 825. The molecule has 1 fully saturated rings. The number of carbonyl (C=O) groups excluding carboxylic acids is 2. The van der Waals surface area contributed by atoms with E-state index in [-0.39, 0.29) is 17.5 Å². The molecule has 1 N–H and O–H groups in total. The predicted molar refractivity (Wildman–Crippen MR) is 90.6 cm³/mol. The molecule has 0 saturated carbocycles. The third-order valence-corrected chi connectivity index (χ3v) is 4.24. The van der Waals surface area contributed by atoms with Gasteiger partial charge in [-0.2, -0.15) is 8.78 Å². The number of amides is 3. The summed E-state index contributed by atoms with van der Waals surface area (Å²) in [6.45, 7) is -1.26. The monoisotopic (exact) mass is 377 g/mol. The normalized spacial score (nSPS) is 19.8. The molecule has 0 spiro atoms. The summed E-state index contributed by atoms with van der Waals surface area (Å²) >= 11 is 0. The summed E-state index contributed by atoms with van der Waals surface area (Å²) in [5.41, 5.74) is 0.741. The van der Waals surface area contributed by atoms with Crippen LogP contribution in [0.5, 0.6) is 17.4 Å². The minimum atomic E-state index is -2.99. The van der Waals surface area contributed by atoms with Gasteiger partial charge in [0.05, 0.1) is 12.0 Å². The predicted octanol–water partition coefficient (Wildman–Crippen LogP) is 3.33. The number of carbonyl (C=O) groups is 2. The number of urea groups is 1. The molecule has 2 atom stereocenters. The number of rotatable bonds is 5. The molecule has 7 nitrogen and oxygen atoms in total. The molecule has 1 saturated heterocycles. The van der Waals surface area contributed by atoms with Gasteiger partial charge in [-0.25, -0.2) is 9.78 Å². The van der Waals surface area contributed by atoms with Crippen LogP contribution in [0, 0.1) is 5.92 Å². The van der Waals surface area contributed by atoms with E-state index in [1.165, 1.54) is 23.2 Å². The number of hydrogen-bond donors (Lipinski definition) is 1. The summed E-state index contributed by atoms with van der Waals surface area (Å²) < 4.78 is 34.8. The molecule has 3 rings (SSSR count). The van der Waals surface area contributed by atoms with E-state index in [0.717, 1.165) is 5.56 Å². The highest BCUT2D eigenvalue weighted by Crippen LogP contribution is 2.34. The van der Waals surface area contributed by atoms with E-state index >= 15 is 0 Å². The number of alkyl halides is 2. The Balaban J connectivity index is 1.80. The van der Waals surface area contributed by atoms with Crippen LogP contribution >= 0.6 is 0 Å². The Morgan fingerprint density at radius 1 is 1.19 bits per heavy atom. The minimum Gasteiger partial charge on any atom is -0.436 e. The second-order valence-corrected chi connectivity index (χ2v) is 6.00. The quantitative estimate of drug-likeness (QED) is 0.864. The molecule has 3 amide bonds. The summed E-state index contributed by atoms with van der Waals surface area (Å²) in [6, 6.07) is 8.51. The second-order valence-electron chi connectivity index (χ2n) is 6.00. The molecule has 1 aromatic heterocycles. The molecule has 2 heterocycles. The number of imide groups is 1. The molecular weight excluding hydrogens is 360 g/mol. The van der Waals surface area contributed by atoms with E-state index in [2.05, 4.69) is 15.0 Å². The van der Waals surface area contributed by atoms with Crippen LogP contribution in [0.4, 0.5) is 13.6 Å². The van der Waals surface area contributed by atoms with Crippen LogP contribution in [-0.2, 0) is 4.79 Å². The van der Waals surface area contributed by atoms with Crippen LogP contribution in [-0.4, -0.2) is 35.5 Å². The molecule has 1 aliphatic heterocycles. The van der Waals surface area contributed by atoms with E-state index < -0.39 is 24.6 Å². The fourth-order valence-corrected chi connectivity index (χ4v) is 2.91. The molecule has 0 radical (unpaired) electrons. The Morgan fingerprint density at radius 2 is 1.89 bits per heavy atom. The Hall–Kier alpha value is -3.23. The van der Waals surface area contributed by atoms with Crippen molar-refractivity contribution in [2.45, 2.75) is 19.6 Å². The SMILES string of the molecule is CC1C(=O)NC(=O)N(C)C1c1ccc(Oc2ncccc2OC(F)F)cc1. The van der Waals surface area contributed by atoms with Gasteiger partial charge in [0.2, 0.25) is 5.91 Å². The number of halogens is 2. The van der Waals surface area contributed by atoms with Crippen molar-refractivity contribution >= 4 is 11.9 Å². The van der Waals surface area contributed by atoms with Crippen LogP contribution in [0.1, 0.15) is 18.5 Å². The van der Waals surface area contributed by atoms with Crippen molar-refractivity contribution < 1.29 is 27.8 Å². The van der Waals surface area contributed by atoms with Crippen molar-refractivity contribution in [1.29, 1.82) is 0 Å². The zero-order valence-electron chi connectivity index (χ0n) is 14.6. The van der Waals surface area contributed by atoms with Crippen molar-refractivity contribution in [3.8, 4) is 17.4 Å². The lowest BCUT2D eigenvalue weighted by Crippen LogP contribution is -2.53. The van der Waals surface area contributed by atoms with Gasteiger partial charge in [-0.3, -0.25) is 10.1 Å². The first-order chi connectivity index (χ1) is 12.9. The molecule has 0 aliphatic carbocycles. The summed E-state index contributed by atoms with van der Waals surface area (Å²) in [4.78, 5) is 29.1. The number of nitrogens with zero attached hydrogens (tertiary/aromatic N) is 2. The number of ether oxygens (including phenoxy) is 2. The van der Waals surface area contributed by atoms with Crippen LogP contribution in [0.3, 0.4) is 0 Å². The van der Waals surface area contributed by atoms with E-state index in [1.54, 1.807) is 38.2 Å². The Labute approximate surface area is 153 Å². The lowest BCUT2D eigenvalue weighted by atomic mass is 9.91. The van der Waals surface area contributed by atoms with E-state index in [9.17, 15) is 18.4 Å². The maximum atomic E-state index is 12.5. The topological polar surface area (TPSA) is 80.8 Å². The average Bonchev–Trinajstić information content (AvgIpc) is 2.63. The van der Waals surface area contributed by atoms with Gasteiger partial charge >= 0.3 is 12.6 Å². The summed E-state index contributed by atoms with van der Waals surface area (Å²) in [6.07, 6.45) is 1.39. The molecule has 1 aliphatic rings. The van der Waals surface area contributed by atoms with Gasteiger partial charge in [0, 0.05) is 13.2 Å². The van der Waals surface area contributed by atoms with E-state index in [0.29, 0.717) is 5.75 Å². The smallest absolute Gasteiger partial charge is 0.387 e. The van der Waals surface area contributed by atoms with Gasteiger partial charge in [-0.05, 0) is 29.8 Å². The Morgan fingerprint density at radius 3 is 2.56 bits per heavy atom. The highest BCUT2D eigenvalue weighted by molar-refractivity contribution is 5.98. The van der Waals surface area contributed by atoms with Gasteiger partial charge < -0.3 is 14.4 Å². The molecule has 2 aromatic rings. The largest absolute Gasteiger partial charge is 0.436 e. The summed E-state index contributed by atoms with van der Waals surface area (Å²) in [5.74, 6) is -0.701. The molecule has 27 heavy (non-hydrogen) atoms. The average molecular weight is 377 g/mol. The van der Waals surface area contributed by atoms with Gasteiger partial charge in [-0.1, -0.05) is 19.1 Å². The minimum absolute atomic E-state index is 0.0942. The maximum Gasteiger partial charge on any atom is 0.387 e. The van der Waals surface area contributed by atoms with Gasteiger partial charge in [-0.15, -0.1) is 0 Å². The van der Waals surface area contributed by atoms with Crippen molar-refractivity contribution in [3.05, 3.63) is 48.2 Å². The first kappa shape index (κ1) is 18.6. The highest BCUT2D eigenvalue weighted by atomic mass is 19.3. The summed E-state index contributed by atoms with van der Waals surface area (Å²) in [7, 11) is 1.61. The fraction of sp³-hybridized carbons (Fsp3) is 0.278. The van der Waals surface area contributed by atoms with E-state index in [1.807, 2.05) is 0 Å². The highest BCUT2D eigenvalue weighted by Gasteiger charge is 2.37. The van der Waals surface area contributed by atoms with Crippen molar-refractivity contribution in [2.24, 2.45) is 5.92 Å². The van der Waals surface area contributed by atoms with Crippen molar-refractivity contribution in [3.63, 3.8) is 0 Å². The number of pyridine rings is 1. The molecular formula is C18H17F2N3O4. The Kier molecular flexibility index (Phi) is 5.20. The zero-order chi connectivity index (χ0) is 19.6. The number of hydrogen-bond acceptors (Lipinski definition) is 5. The molecule has 0 bridgehead atoms. The molecule has 9 heteroatoms. The molecule has 2 unspecified atom stereocenters. The van der Waals surface area contributed by atoms with Gasteiger partial charge in [0.25, 0.3) is 5.88 Å². The van der Waals surface area contributed by atoms with Gasteiger partial charge in [0.15, 0.2) is 5.75 Å². The molecule has 142 valence electrons. The number of benzene rings is 1. The number of aromatic nitrogens is 1. The second kappa shape index (κ2) is 7.56. The van der Waals surface area contributed by atoms with Crippen LogP contribution in [0.2, 0.25) is 0 Å². The van der Waals surface area contributed by atoms with Gasteiger partial charge in [0.1, 0.15) is 5.75 Å². The van der Waals surface area contributed by atoms with E-state index in [4.69, 9.17) is 4.74 Å². The fourth-order valence-electron chi connectivity index (χ4n) is 2.91. The molecule has 1 aromatic carbocycles. The van der Waals surface area contributed by atoms with Crippen molar-refractivity contribution in [1.82, 2.24) is 15.2 Å². The third kappa shape index (κ3) is 3.97. The summed E-state index contributed by atoms with van der Waals surface area (Å²) in [5, 5.41) is 2.28. The van der Waals surface area contributed by atoms with Crippen molar-refractivity contribution in [2.75, 3.05) is 7.05 Å².